The number of carbonyl (C=O) groups is 1. The van der Waals surface area contributed by atoms with Crippen LogP contribution in [0, 0.1) is 32.4 Å². The second-order valence-electron chi connectivity index (χ2n) is 9.57. The van der Waals surface area contributed by atoms with Crippen LogP contribution in [0.1, 0.15) is 29.2 Å². The number of amides is 1. The Morgan fingerprint density at radius 2 is 1.67 bits per heavy atom. The van der Waals surface area contributed by atoms with E-state index in [2.05, 4.69) is 50.0 Å². The predicted octanol–water partition coefficient (Wildman–Crippen LogP) is 5.27. The van der Waals surface area contributed by atoms with Crippen LogP contribution in [0.25, 0.3) is 0 Å². The fraction of sp³-hybridized carbons (Fsp3) is 0.345. The van der Waals surface area contributed by atoms with Crippen LogP contribution in [-0.2, 0) is 11.4 Å². The molecular weight excluding hydrogens is 502 g/mol. The van der Waals surface area contributed by atoms with Crippen molar-refractivity contribution in [2.45, 2.75) is 34.3 Å². The topological polar surface area (TPSA) is 82.6 Å². The van der Waals surface area contributed by atoms with Crippen molar-refractivity contribution in [3.8, 4) is 5.75 Å². The van der Waals surface area contributed by atoms with Crippen LogP contribution in [0.15, 0.2) is 43.2 Å². The summed E-state index contributed by atoms with van der Waals surface area (Å²) in [6.45, 7) is 15.3. The number of piperazine rings is 1. The van der Waals surface area contributed by atoms with Crippen LogP contribution in [0.2, 0.25) is 0 Å². The van der Waals surface area contributed by atoms with Gasteiger partial charge in [0.2, 0.25) is 11.9 Å². The van der Waals surface area contributed by atoms with E-state index in [4.69, 9.17) is 4.74 Å². The zero-order valence-electron chi connectivity index (χ0n) is 22.8. The summed E-state index contributed by atoms with van der Waals surface area (Å²) in [5.74, 6) is -1.05. The summed E-state index contributed by atoms with van der Waals surface area (Å²) in [6.07, 6.45) is 4.06. The highest BCUT2D eigenvalue weighted by molar-refractivity contribution is 6.02. The minimum Gasteiger partial charge on any atom is -0.485 e. The summed E-state index contributed by atoms with van der Waals surface area (Å²) >= 11 is 0. The highest BCUT2D eigenvalue weighted by Crippen LogP contribution is 2.34. The molecule has 2 N–H and O–H groups in total. The second-order valence-corrected chi connectivity index (χ2v) is 9.57. The lowest BCUT2D eigenvalue weighted by molar-refractivity contribution is -0.111. The summed E-state index contributed by atoms with van der Waals surface area (Å²) in [5, 5.41) is 6.06. The minimum atomic E-state index is -0.627. The number of hydrogen-bond donors (Lipinski definition) is 2. The Hall–Kier alpha value is -4.05. The molecule has 0 spiro atoms. The van der Waals surface area contributed by atoms with E-state index in [1.807, 2.05) is 13.0 Å². The van der Waals surface area contributed by atoms with Crippen LogP contribution in [-0.4, -0.2) is 53.5 Å². The summed E-state index contributed by atoms with van der Waals surface area (Å²) in [5.41, 5.74) is 3.72. The fourth-order valence-electron chi connectivity index (χ4n) is 4.59. The van der Waals surface area contributed by atoms with Crippen LogP contribution >= 0.6 is 0 Å². The zero-order valence-corrected chi connectivity index (χ0v) is 22.8. The first-order chi connectivity index (χ1) is 18.7. The molecule has 1 fully saturated rings. The number of ether oxygens (including phenoxy) is 1. The van der Waals surface area contributed by atoms with E-state index in [-0.39, 0.29) is 29.8 Å². The number of halogens is 2. The first-order valence-corrected chi connectivity index (χ1v) is 12.9. The molecule has 2 aromatic carbocycles. The third-order valence-corrected chi connectivity index (χ3v) is 6.85. The third-order valence-electron chi connectivity index (χ3n) is 6.85. The Balaban J connectivity index is 1.51. The first kappa shape index (κ1) is 28.0. The molecule has 8 nitrogen and oxygen atoms in total. The van der Waals surface area contributed by atoms with Gasteiger partial charge in [-0.05, 0) is 62.2 Å². The van der Waals surface area contributed by atoms with Gasteiger partial charge in [0.25, 0.3) is 0 Å². The van der Waals surface area contributed by atoms with Gasteiger partial charge in [-0.15, -0.1) is 0 Å². The maximum absolute atomic E-state index is 14.4. The van der Waals surface area contributed by atoms with E-state index in [0.717, 1.165) is 44.0 Å². The lowest BCUT2D eigenvalue weighted by atomic mass is 10.1. The number of anilines is 4. The van der Waals surface area contributed by atoms with Crippen molar-refractivity contribution in [3.63, 3.8) is 0 Å². The molecule has 0 atom stereocenters. The van der Waals surface area contributed by atoms with Crippen molar-refractivity contribution in [3.05, 3.63) is 77.1 Å². The van der Waals surface area contributed by atoms with Crippen LogP contribution in [0.3, 0.4) is 0 Å². The van der Waals surface area contributed by atoms with E-state index in [1.54, 1.807) is 13.8 Å². The van der Waals surface area contributed by atoms with Gasteiger partial charge < -0.3 is 25.2 Å². The molecule has 0 aliphatic carbocycles. The minimum absolute atomic E-state index is 0.135. The van der Waals surface area contributed by atoms with Crippen molar-refractivity contribution in [2.75, 3.05) is 48.3 Å². The van der Waals surface area contributed by atoms with Crippen LogP contribution < -0.4 is 20.3 Å². The van der Waals surface area contributed by atoms with Gasteiger partial charge in [-0.2, -0.15) is 0 Å². The molecule has 0 bridgehead atoms. The van der Waals surface area contributed by atoms with E-state index in [1.165, 1.54) is 24.5 Å². The van der Waals surface area contributed by atoms with Gasteiger partial charge in [0.05, 0.1) is 29.3 Å². The highest BCUT2D eigenvalue weighted by Gasteiger charge is 2.20. The van der Waals surface area contributed by atoms with Crippen molar-refractivity contribution >= 4 is 28.9 Å². The van der Waals surface area contributed by atoms with Crippen molar-refractivity contribution in [1.29, 1.82) is 0 Å². The second kappa shape index (κ2) is 12.2. The molecule has 1 saturated heterocycles. The molecule has 0 unspecified atom stereocenters. The number of carbonyl (C=O) groups excluding carboxylic acids is 1. The number of nitrogens with zero attached hydrogens (tertiary/aromatic N) is 4. The van der Waals surface area contributed by atoms with Gasteiger partial charge in [0.15, 0.2) is 5.75 Å². The number of aryl methyl sites for hydroxylation is 3. The SMILES string of the molecule is C=CC(=O)Nc1cc(N2CCN(CC)CC2)cc(C)c1Nc1ncc(OCc2c(F)c(C)cc(C)c2F)cn1. The zero-order chi connectivity index (χ0) is 28.1. The van der Waals surface area contributed by atoms with Crippen molar-refractivity contribution in [1.82, 2.24) is 14.9 Å². The van der Waals surface area contributed by atoms with E-state index >= 15 is 0 Å². The largest absolute Gasteiger partial charge is 0.485 e. The molecule has 0 saturated carbocycles. The quantitative estimate of drug-likeness (QED) is 0.361. The van der Waals surface area contributed by atoms with Gasteiger partial charge in [0.1, 0.15) is 18.2 Å². The standard InChI is InChI=1S/C29H34F2N6O2/c1-6-25(38)34-24-14-21(37-10-8-36(7-2)9-11-37)13-20(5)28(24)35-29-32-15-22(16-33-29)39-17-23-26(30)18(3)12-19(4)27(23)31/h6,12-16H,1,7-11,17H2,2-5H3,(H,34,38)(H,32,33,35). The number of aromatic nitrogens is 2. The molecule has 206 valence electrons. The van der Waals surface area contributed by atoms with Gasteiger partial charge in [0, 0.05) is 31.9 Å². The lowest BCUT2D eigenvalue weighted by Gasteiger charge is -2.36. The number of nitrogens with one attached hydrogen (secondary N) is 2. The molecule has 0 radical (unpaired) electrons. The van der Waals surface area contributed by atoms with Crippen LogP contribution in [0.4, 0.5) is 31.8 Å². The smallest absolute Gasteiger partial charge is 0.247 e. The molecular formula is C29H34F2N6O2. The lowest BCUT2D eigenvalue weighted by Crippen LogP contribution is -2.46. The van der Waals surface area contributed by atoms with Gasteiger partial charge in [-0.1, -0.05) is 19.6 Å². The fourth-order valence-corrected chi connectivity index (χ4v) is 4.59. The summed E-state index contributed by atoms with van der Waals surface area (Å²) in [6, 6.07) is 5.46. The third kappa shape index (κ3) is 6.51. The molecule has 39 heavy (non-hydrogen) atoms. The summed E-state index contributed by atoms with van der Waals surface area (Å²) in [7, 11) is 0. The molecule has 1 aromatic heterocycles. The number of likely N-dealkylation sites (N-methyl/N-ethyl adjacent to an activating group) is 1. The molecule has 1 aliphatic rings. The highest BCUT2D eigenvalue weighted by atomic mass is 19.1. The molecule has 1 aliphatic heterocycles. The molecule has 3 aromatic rings. The molecule has 1 amide bonds. The molecule has 4 rings (SSSR count). The van der Waals surface area contributed by atoms with Gasteiger partial charge in [-0.3, -0.25) is 4.79 Å². The summed E-state index contributed by atoms with van der Waals surface area (Å²) in [4.78, 5) is 25.5. The van der Waals surface area contributed by atoms with Crippen LogP contribution in [0.5, 0.6) is 5.75 Å². The first-order valence-electron chi connectivity index (χ1n) is 12.9. The summed E-state index contributed by atoms with van der Waals surface area (Å²) < 4.78 is 34.4. The number of rotatable bonds is 9. The van der Waals surface area contributed by atoms with Crippen molar-refractivity contribution < 1.29 is 18.3 Å². The Morgan fingerprint density at radius 1 is 1.03 bits per heavy atom. The van der Waals surface area contributed by atoms with Gasteiger partial charge in [-0.25, -0.2) is 18.7 Å². The Morgan fingerprint density at radius 3 is 2.26 bits per heavy atom. The maximum atomic E-state index is 14.4. The Labute approximate surface area is 227 Å². The monoisotopic (exact) mass is 536 g/mol. The van der Waals surface area contributed by atoms with Gasteiger partial charge >= 0.3 is 0 Å². The average Bonchev–Trinajstić information content (AvgIpc) is 2.94. The Bertz CT molecular complexity index is 1330. The van der Waals surface area contributed by atoms with Crippen molar-refractivity contribution in [2.24, 2.45) is 0 Å². The molecule has 2 heterocycles. The maximum Gasteiger partial charge on any atom is 0.247 e. The average molecular weight is 537 g/mol. The Kier molecular flexibility index (Phi) is 8.75. The number of benzene rings is 2. The normalized spacial score (nSPS) is 13.7. The predicted molar refractivity (Wildman–Crippen MR) is 150 cm³/mol. The van der Waals surface area contributed by atoms with E-state index < -0.39 is 11.6 Å². The van der Waals surface area contributed by atoms with E-state index in [9.17, 15) is 13.6 Å². The molecule has 10 heteroatoms. The number of hydrogen-bond acceptors (Lipinski definition) is 7. The van der Waals surface area contributed by atoms with E-state index in [0.29, 0.717) is 22.5 Å².